The summed E-state index contributed by atoms with van der Waals surface area (Å²) in [5.74, 6) is 6.74. The molecule has 0 saturated carbocycles. The van der Waals surface area contributed by atoms with Crippen molar-refractivity contribution in [3.8, 4) is 91.5 Å². The van der Waals surface area contributed by atoms with Crippen molar-refractivity contribution in [2.24, 2.45) is 0 Å². The summed E-state index contributed by atoms with van der Waals surface area (Å²) in [6.07, 6.45) is 0. The zero-order chi connectivity index (χ0) is 57.6. The first-order valence-corrected chi connectivity index (χ1v) is 29.4. The van der Waals surface area contributed by atoms with E-state index in [1.807, 2.05) is 121 Å². The van der Waals surface area contributed by atoms with Gasteiger partial charge < -0.3 is 47.9 Å². The molecule has 0 unspecified atom stereocenters. The molecule has 2 N–H and O–H groups in total. The summed E-state index contributed by atoms with van der Waals surface area (Å²) in [5, 5.41) is 3.27. The molecular weight excluding hydrogens is 1140 g/mol. The van der Waals surface area contributed by atoms with Crippen molar-refractivity contribution in [1.82, 2.24) is 39.9 Å². The third-order valence-corrected chi connectivity index (χ3v) is 18.3. The molecule has 0 fully saturated rings. The number of H-pyrrole nitrogens is 2. The molecule has 0 amide bonds. The summed E-state index contributed by atoms with van der Waals surface area (Å²) in [5.41, 5.74) is 5.30. The van der Waals surface area contributed by atoms with Crippen LogP contribution in [0.5, 0.6) is 46.0 Å². The van der Waals surface area contributed by atoms with Crippen LogP contribution >= 0.6 is 47.0 Å². The summed E-state index contributed by atoms with van der Waals surface area (Å²) >= 11 is 6.27. The van der Waals surface area contributed by atoms with Crippen molar-refractivity contribution in [1.29, 1.82) is 0 Å². The molecule has 0 spiro atoms. The van der Waals surface area contributed by atoms with Crippen LogP contribution in [0.15, 0.2) is 185 Å². The number of fused-ring (bicyclic) bond motifs is 20. The van der Waals surface area contributed by atoms with E-state index in [-0.39, 0.29) is 0 Å². The molecule has 8 aromatic carbocycles. The largest absolute Gasteiger partial charge is 0.493 e. The molecule has 8 bridgehead atoms. The number of rotatable bonds is 16. The van der Waals surface area contributed by atoms with Gasteiger partial charge in [0, 0.05) is 83.0 Å². The molecule has 0 radical (unpaired) electrons. The van der Waals surface area contributed by atoms with Gasteiger partial charge in [-0.25, -0.2) is 29.9 Å². The molecule has 418 valence electrons. The van der Waals surface area contributed by atoms with Crippen molar-refractivity contribution < 1.29 is 37.9 Å². The molecule has 2 aliphatic rings. The smallest absolute Gasteiger partial charge is 0.165 e. The number of aromatic amines is 2. The van der Waals surface area contributed by atoms with Crippen LogP contribution in [0, 0.1) is 0 Å². The number of ether oxygens (including phenoxy) is 8. The highest BCUT2D eigenvalue weighted by molar-refractivity contribution is 8.00. The lowest BCUT2D eigenvalue weighted by atomic mass is 10.1. The van der Waals surface area contributed by atoms with Gasteiger partial charge in [-0.15, -0.1) is 0 Å². The van der Waals surface area contributed by atoms with E-state index in [4.69, 9.17) is 67.8 Å². The SMILES string of the molecule is COc1ccc(Sc2cccc3c2-c2nc-3nc3[nH]c(nc4nc(nc5[nH]c(n2)c2cccc(Sc6ccc(OC)c(OC)c6)c52)-c2cccc(Sc5ccc(OC)c(OC)c5)c2-4)c2cccc(Sc4ccc(OC)c(OC)c4)c32)cc1OC. The lowest BCUT2D eigenvalue weighted by molar-refractivity contribution is 0.354. The molecule has 0 aliphatic carbocycles. The summed E-state index contributed by atoms with van der Waals surface area (Å²) in [6.45, 7) is 0. The van der Waals surface area contributed by atoms with Gasteiger partial charge in [0.05, 0.1) is 56.9 Å². The molecule has 2 aliphatic heterocycles. The third-order valence-electron chi connectivity index (χ3n) is 14.1. The van der Waals surface area contributed by atoms with Crippen molar-refractivity contribution >= 4 is 91.2 Å². The van der Waals surface area contributed by atoms with Crippen LogP contribution in [0.1, 0.15) is 0 Å². The summed E-state index contributed by atoms with van der Waals surface area (Å²) in [6, 6.07) is 48.0. The Balaban J connectivity index is 1.11. The minimum Gasteiger partial charge on any atom is -0.493 e. The van der Waals surface area contributed by atoms with Gasteiger partial charge in [0.15, 0.2) is 69.3 Å². The van der Waals surface area contributed by atoms with Gasteiger partial charge >= 0.3 is 0 Å². The average molecular weight is 1190 g/mol. The minimum atomic E-state index is 0.448. The van der Waals surface area contributed by atoms with Crippen LogP contribution in [0.25, 0.3) is 89.7 Å². The van der Waals surface area contributed by atoms with Crippen LogP contribution in [0.3, 0.4) is 0 Å². The van der Waals surface area contributed by atoms with Gasteiger partial charge in [-0.2, -0.15) is 0 Å². The molecule has 20 heteroatoms. The molecule has 13 rings (SSSR count). The lowest BCUT2D eigenvalue weighted by Crippen LogP contribution is -1.91. The molecular formula is C64H50N8O8S4. The number of nitrogens with one attached hydrogen (secondary N) is 2. The van der Waals surface area contributed by atoms with Gasteiger partial charge in [0.2, 0.25) is 0 Å². The number of benzene rings is 8. The Bertz CT molecular complexity index is 4330. The first-order valence-electron chi connectivity index (χ1n) is 26.1. The molecule has 11 aromatic rings. The highest BCUT2D eigenvalue weighted by Gasteiger charge is 2.28. The number of hydrogen-bond donors (Lipinski definition) is 2. The Hall–Kier alpha value is -9.08. The fourth-order valence-electron chi connectivity index (χ4n) is 10.2. The summed E-state index contributed by atoms with van der Waals surface area (Å²) < 4.78 is 45.5. The molecule has 5 heterocycles. The average Bonchev–Trinajstić information content (AvgIpc) is 4.33. The first kappa shape index (κ1) is 54.2. The van der Waals surface area contributed by atoms with Crippen molar-refractivity contribution in [3.05, 3.63) is 146 Å². The Morgan fingerprint density at radius 1 is 0.286 bits per heavy atom. The normalized spacial score (nSPS) is 11.5. The second kappa shape index (κ2) is 22.9. The number of methoxy groups -OCH3 is 8. The van der Waals surface area contributed by atoms with Crippen LogP contribution < -0.4 is 37.9 Å². The number of hydrogen-bond acceptors (Lipinski definition) is 18. The van der Waals surface area contributed by atoms with E-state index in [0.29, 0.717) is 91.9 Å². The van der Waals surface area contributed by atoms with Crippen molar-refractivity contribution in [2.45, 2.75) is 39.2 Å². The predicted octanol–water partition coefficient (Wildman–Crippen LogP) is 15.5. The molecule has 3 aromatic heterocycles. The zero-order valence-corrected chi connectivity index (χ0v) is 49.7. The van der Waals surface area contributed by atoms with E-state index in [0.717, 1.165) is 83.0 Å². The maximum atomic E-state index is 5.76. The Kier molecular flexibility index (Phi) is 14.8. The quantitative estimate of drug-likeness (QED) is 0.0930. The fourth-order valence-corrected chi connectivity index (χ4v) is 14.3. The van der Waals surface area contributed by atoms with Gasteiger partial charge in [0.1, 0.15) is 22.6 Å². The number of nitrogens with zero attached hydrogens (tertiary/aromatic N) is 6. The number of aromatic nitrogens is 8. The van der Waals surface area contributed by atoms with Crippen LogP contribution in [0.2, 0.25) is 0 Å². The van der Waals surface area contributed by atoms with Gasteiger partial charge in [-0.3, -0.25) is 0 Å². The monoisotopic (exact) mass is 1190 g/mol. The highest BCUT2D eigenvalue weighted by atomic mass is 32.2. The van der Waals surface area contributed by atoms with Crippen molar-refractivity contribution in [3.63, 3.8) is 0 Å². The summed E-state index contributed by atoms with van der Waals surface area (Å²) in [7, 11) is 13.0. The van der Waals surface area contributed by atoms with E-state index < -0.39 is 0 Å². The summed E-state index contributed by atoms with van der Waals surface area (Å²) in [4.78, 5) is 47.5. The van der Waals surface area contributed by atoms with E-state index in [9.17, 15) is 0 Å². The fraction of sp³-hybridized carbons (Fsp3) is 0.125. The topological polar surface area (TPSA) is 183 Å². The van der Waals surface area contributed by atoms with Crippen LogP contribution in [0.4, 0.5) is 0 Å². The molecule has 84 heavy (non-hydrogen) atoms. The molecule has 16 nitrogen and oxygen atoms in total. The maximum absolute atomic E-state index is 5.76. The highest BCUT2D eigenvalue weighted by Crippen LogP contribution is 2.49. The van der Waals surface area contributed by atoms with Crippen molar-refractivity contribution in [2.75, 3.05) is 56.9 Å². The van der Waals surface area contributed by atoms with Gasteiger partial charge in [0.25, 0.3) is 0 Å². The van der Waals surface area contributed by atoms with E-state index in [1.165, 1.54) is 0 Å². The van der Waals surface area contributed by atoms with E-state index in [1.54, 1.807) is 104 Å². The second-order valence-electron chi connectivity index (χ2n) is 18.8. The minimum absolute atomic E-state index is 0.448. The Morgan fingerprint density at radius 2 is 0.583 bits per heavy atom. The van der Waals surface area contributed by atoms with E-state index >= 15 is 0 Å². The first-order chi connectivity index (χ1) is 41.2. The second-order valence-corrected chi connectivity index (χ2v) is 23.3. The molecule has 0 saturated heterocycles. The zero-order valence-electron chi connectivity index (χ0n) is 46.4. The third kappa shape index (κ3) is 9.93. The van der Waals surface area contributed by atoms with Crippen LogP contribution in [-0.4, -0.2) is 96.8 Å². The van der Waals surface area contributed by atoms with E-state index in [2.05, 4.69) is 34.2 Å². The Labute approximate surface area is 499 Å². The van der Waals surface area contributed by atoms with Crippen LogP contribution in [-0.2, 0) is 0 Å². The maximum Gasteiger partial charge on any atom is 0.165 e. The van der Waals surface area contributed by atoms with Gasteiger partial charge in [-0.1, -0.05) is 95.6 Å². The Morgan fingerprint density at radius 3 is 0.917 bits per heavy atom. The standard InChI is InChI=1S/C64H50N8O8S4/c1-73-41-25-21-33(29-45(41)77-5)81-49-17-9-13-37-53(49)61-65-57(37)70-62-55-39(15-11-19-51(55)83-35-23-27-43(75-3)47(31-35)79-7)59(67-62)72-64-56-40(16-12-20-52(56)84-36-24-28-44(76-4)48(32-36)80-8)60(68-64)71-63-54-38(58(66-63)69-61)14-10-18-50(54)82-34-22-26-42(74-2)46(30-34)78-6/h9-32H,1-8H3,(H2,65,66,67,68,69,70,71,72). The molecule has 0 atom stereocenters. The lowest BCUT2D eigenvalue weighted by Gasteiger charge is -2.11. The van der Waals surface area contributed by atoms with Gasteiger partial charge in [-0.05, 0) is 97.1 Å². The predicted molar refractivity (Wildman–Crippen MR) is 331 cm³/mol.